The monoisotopic (exact) mass is 240 g/mol. The molecule has 1 aliphatic rings. The summed E-state index contributed by atoms with van der Waals surface area (Å²) in [6.45, 7) is 0.682. The number of amides is 1. The minimum atomic E-state index is 0.0596. The largest absolute Gasteiger partial charge is 0.382 e. The van der Waals surface area contributed by atoms with Crippen LogP contribution in [0.25, 0.3) is 0 Å². The summed E-state index contributed by atoms with van der Waals surface area (Å²) < 4.78 is 0.979. The maximum atomic E-state index is 11.2. The Bertz CT molecular complexity index is 351. The standard InChI is InChI=1S/C9H9BrN2O/c10-6-2-1-3-7-9(6)11-5-4-8(13)12-7/h1-3,11H,4-5H2,(H,12,13). The van der Waals surface area contributed by atoms with Gasteiger partial charge in [-0.25, -0.2) is 0 Å². The van der Waals surface area contributed by atoms with Gasteiger partial charge in [0.15, 0.2) is 0 Å². The highest BCUT2D eigenvalue weighted by Crippen LogP contribution is 2.31. The fraction of sp³-hybridized carbons (Fsp3) is 0.222. The van der Waals surface area contributed by atoms with Crippen LogP contribution in [0.15, 0.2) is 22.7 Å². The number of anilines is 2. The van der Waals surface area contributed by atoms with E-state index in [0.717, 1.165) is 15.8 Å². The molecule has 4 heteroatoms. The highest BCUT2D eigenvalue weighted by Gasteiger charge is 2.13. The number of fused-ring (bicyclic) bond motifs is 1. The van der Waals surface area contributed by atoms with E-state index in [-0.39, 0.29) is 5.91 Å². The van der Waals surface area contributed by atoms with Crippen LogP contribution in [0, 0.1) is 0 Å². The van der Waals surface area contributed by atoms with Crippen LogP contribution < -0.4 is 10.6 Å². The Hall–Kier alpha value is -1.03. The zero-order chi connectivity index (χ0) is 9.26. The molecule has 3 nitrogen and oxygen atoms in total. The molecule has 0 aromatic heterocycles. The highest BCUT2D eigenvalue weighted by molar-refractivity contribution is 9.10. The van der Waals surface area contributed by atoms with Gasteiger partial charge in [-0.15, -0.1) is 0 Å². The summed E-state index contributed by atoms with van der Waals surface area (Å²) in [6.07, 6.45) is 0.515. The maximum absolute atomic E-state index is 11.2. The summed E-state index contributed by atoms with van der Waals surface area (Å²) in [5.74, 6) is 0.0596. The molecule has 0 bridgehead atoms. The van der Waals surface area contributed by atoms with Crippen LogP contribution in [0.2, 0.25) is 0 Å². The number of hydrogen-bond acceptors (Lipinski definition) is 2. The molecule has 1 amide bonds. The average molecular weight is 241 g/mol. The number of rotatable bonds is 0. The van der Waals surface area contributed by atoms with Gasteiger partial charge in [0.1, 0.15) is 0 Å². The van der Waals surface area contributed by atoms with Crippen molar-refractivity contribution in [1.82, 2.24) is 0 Å². The van der Waals surface area contributed by atoms with E-state index in [0.29, 0.717) is 13.0 Å². The number of carbonyl (C=O) groups excluding carboxylic acids is 1. The van der Waals surface area contributed by atoms with E-state index in [1.807, 2.05) is 18.2 Å². The van der Waals surface area contributed by atoms with Gasteiger partial charge >= 0.3 is 0 Å². The molecule has 0 radical (unpaired) electrons. The van der Waals surface area contributed by atoms with Crippen molar-refractivity contribution < 1.29 is 4.79 Å². The van der Waals surface area contributed by atoms with Gasteiger partial charge in [-0.3, -0.25) is 4.79 Å². The molecular weight excluding hydrogens is 232 g/mol. The normalized spacial score (nSPS) is 15.3. The molecule has 0 unspecified atom stereocenters. The first-order chi connectivity index (χ1) is 6.27. The van der Waals surface area contributed by atoms with Gasteiger partial charge in [-0.05, 0) is 28.1 Å². The molecule has 2 N–H and O–H groups in total. The lowest BCUT2D eigenvalue weighted by atomic mass is 10.2. The Balaban J connectivity index is 2.45. The van der Waals surface area contributed by atoms with Crippen molar-refractivity contribution in [3.63, 3.8) is 0 Å². The Morgan fingerprint density at radius 3 is 3.08 bits per heavy atom. The third-order valence-electron chi connectivity index (χ3n) is 1.94. The Labute approximate surface area is 84.6 Å². The Morgan fingerprint density at radius 2 is 2.23 bits per heavy atom. The first-order valence-corrected chi connectivity index (χ1v) is 4.89. The fourth-order valence-corrected chi connectivity index (χ4v) is 1.83. The lowest BCUT2D eigenvalue weighted by Crippen LogP contribution is -2.10. The van der Waals surface area contributed by atoms with Crippen LogP contribution in [-0.2, 0) is 4.79 Å². The molecule has 1 aliphatic heterocycles. The van der Waals surface area contributed by atoms with Crippen molar-refractivity contribution in [2.24, 2.45) is 0 Å². The molecule has 0 aliphatic carbocycles. The molecule has 1 aromatic rings. The van der Waals surface area contributed by atoms with Crippen LogP contribution in [0.5, 0.6) is 0 Å². The van der Waals surface area contributed by atoms with Gasteiger partial charge in [0, 0.05) is 17.4 Å². The molecule has 68 valence electrons. The first kappa shape index (κ1) is 8.56. The number of benzene rings is 1. The average Bonchev–Trinajstić information content (AvgIpc) is 2.27. The summed E-state index contributed by atoms with van der Waals surface area (Å²) in [7, 11) is 0. The summed E-state index contributed by atoms with van der Waals surface area (Å²) in [4.78, 5) is 11.2. The van der Waals surface area contributed by atoms with E-state index < -0.39 is 0 Å². The van der Waals surface area contributed by atoms with E-state index in [1.165, 1.54) is 0 Å². The molecule has 0 fully saturated rings. The molecule has 1 heterocycles. The maximum Gasteiger partial charge on any atom is 0.226 e. The van der Waals surface area contributed by atoms with Gasteiger partial charge < -0.3 is 10.6 Å². The van der Waals surface area contributed by atoms with Gasteiger partial charge in [0.2, 0.25) is 5.91 Å². The number of para-hydroxylation sites is 1. The zero-order valence-electron chi connectivity index (χ0n) is 6.93. The third kappa shape index (κ3) is 1.67. The molecule has 1 aromatic carbocycles. The number of hydrogen-bond donors (Lipinski definition) is 2. The predicted octanol–water partition coefficient (Wildman–Crippen LogP) is 2.20. The molecular formula is C9H9BrN2O. The lowest BCUT2D eigenvalue weighted by molar-refractivity contribution is -0.115. The van der Waals surface area contributed by atoms with Crippen LogP contribution in [0.1, 0.15) is 6.42 Å². The number of halogens is 1. The lowest BCUT2D eigenvalue weighted by Gasteiger charge is -2.08. The van der Waals surface area contributed by atoms with Crippen molar-refractivity contribution >= 4 is 33.2 Å². The highest BCUT2D eigenvalue weighted by atomic mass is 79.9. The molecule has 0 saturated carbocycles. The van der Waals surface area contributed by atoms with Crippen molar-refractivity contribution in [2.45, 2.75) is 6.42 Å². The number of nitrogens with one attached hydrogen (secondary N) is 2. The van der Waals surface area contributed by atoms with E-state index in [4.69, 9.17) is 0 Å². The van der Waals surface area contributed by atoms with E-state index in [9.17, 15) is 4.79 Å². The van der Waals surface area contributed by atoms with Crippen LogP contribution >= 0.6 is 15.9 Å². The second kappa shape index (κ2) is 3.38. The van der Waals surface area contributed by atoms with Crippen LogP contribution in [0.3, 0.4) is 0 Å². The summed E-state index contributed by atoms with van der Waals surface area (Å²) in [5, 5.41) is 6.03. The minimum Gasteiger partial charge on any atom is -0.382 e. The topological polar surface area (TPSA) is 41.1 Å². The fourth-order valence-electron chi connectivity index (χ4n) is 1.32. The van der Waals surface area contributed by atoms with Crippen molar-refractivity contribution in [2.75, 3.05) is 17.2 Å². The Kier molecular flexibility index (Phi) is 2.22. The second-order valence-corrected chi connectivity index (χ2v) is 3.74. The van der Waals surface area contributed by atoms with Gasteiger partial charge in [0.05, 0.1) is 11.4 Å². The van der Waals surface area contributed by atoms with Crippen LogP contribution in [0.4, 0.5) is 11.4 Å². The van der Waals surface area contributed by atoms with E-state index in [1.54, 1.807) is 0 Å². The second-order valence-electron chi connectivity index (χ2n) is 2.89. The molecule has 0 spiro atoms. The summed E-state index contributed by atoms with van der Waals surface area (Å²) in [5.41, 5.74) is 1.81. The predicted molar refractivity (Wildman–Crippen MR) is 55.9 cm³/mol. The summed E-state index contributed by atoms with van der Waals surface area (Å²) >= 11 is 3.42. The van der Waals surface area contributed by atoms with E-state index >= 15 is 0 Å². The first-order valence-electron chi connectivity index (χ1n) is 4.09. The van der Waals surface area contributed by atoms with Gasteiger partial charge in [0.25, 0.3) is 0 Å². The van der Waals surface area contributed by atoms with Gasteiger partial charge in [-0.2, -0.15) is 0 Å². The quantitative estimate of drug-likeness (QED) is 0.731. The van der Waals surface area contributed by atoms with Crippen molar-refractivity contribution in [3.05, 3.63) is 22.7 Å². The zero-order valence-corrected chi connectivity index (χ0v) is 8.52. The Morgan fingerprint density at radius 1 is 1.38 bits per heavy atom. The number of carbonyl (C=O) groups is 1. The summed E-state index contributed by atoms with van der Waals surface area (Å²) in [6, 6.07) is 5.73. The van der Waals surface area contributed by atoms with Crippen molar-refractivity contribution in [3.8, 4) is 0 Å². The third-order valence-corrected chi connectivity index (χ3v) is 2.60. The smallest absolute Gasteiger partial charge is 0.226 e. The minimum absolute atomic E-state index is 0.0596. The van der Waals surface area contributed by atoms with Gasteiger partial charge in [-0.1, -0.05) is 6.07 Å². The molecule has 13 heavy (non-hydrogen) atoms. The SMILES string of the molecule is O=C1CCNc2c(Br)cccc2N1. The van der Waals surface area contributed by atoms with Crippen molar-refractivity contribution in [1.29, 1.82) is 0 Å². The molecule has 2 rings (SSSR count). The molecule has 0 atom stereocenters. The van der Waals surface area contributed by atoms with E-state index in [2.05, 4.69) is 26.6 Å². The molecule has 0 saturated heterocycles. The van der Waals surface area contributed by atoms with Crippen LogP contribution in [-0.4, -0.2) is 12.5 Å².